The van der Waals surface area contributed by atoms with E-state index in [0.29, 0.717) is 23.0 Å². The van der Waals surface area contributed by atoms with Crippen LogP contribution in [-0.2, 0) is 0 Å². The number of nitrogens with two attached hydrogens (primary N) is 1. The molecule has 20 heavy (non-hydrogen) atoms. The summed E-state index contributed by atoms with van der Waals surface area (Å²) in [6.07, 6.45) is 1.01. The zero-order chi connectivity index (χ0) is 14.1. The molecule has 104 valence electrons. The highest BCUT2D eigenvalue weighted by Crippen LogP contribution is 2.43. The molecule has 1 fully saturated rings. The number of hydrogen-bond donors (Lipinski definition) is 2. The van der Waals surface area contributed by atoms with Gasteiger partial charge in [-0.1, -0.05) is 30.3 Å². The molecule has 0 aliphatic heterocycles. The molecule has 1 aliphatic rings. The van der Waals surface area contributed by atoms with Crippen molar-refractivity contribution in [3.8, 4) is 5.75 Å². The summed E-state index contributed by atoms with van der Waals surface area (Å²) < 4.78 is 19.0. The molecule has 2 unspecified atom stereocenters. The largest absolute Gasteiger partial charge is 0.495 e. The summed E-state index contributed by atoms with van der Waals surface area (Å²) in [7, 11) is 1.53. The van der Waals surface area contributed by atoms with Gasteiger partial charge >= 0.3 is 0 Å². The lowest BCUT2D eigenvalue weighted by Gasteiger charge is -2.11. The average molecular weight is 272 g/mol. The first-order chi connectivity index (χ1) is 9.69. The lowest BCUT2D eigenvalue weighted by atomic mass is 10.1. The molecule has 2 aromatic carbocycles. The molecule has 2 aromatic rings. The van der Waals surface area contributed by atoms with Crippen molar-refractivity contribution in [1.82, 2.24) is 0 Å². The van der Waals surface area contributed by atoms with Crippen LogP contribution in [0.15, 0.2) is 42.5 Å². The van der Waals surface area contributed by atoms with E-state index in [-0.39, 0.29) is 11.9 Å². The normalized spacial score (nSPS) is 20.5. The fourth-order valence-electron chi connectivity index (χ4n) is 2.48. The molecule has 0 spiro atoms. The summed E-state index contributed by atoms with van der Waals surface area (Å²) in [6, 6.07) is 13.4. The maximum Gasteiger partial charge on any atom is 0.148 e. The molecule has 3 nitrogen and oxygen atoms in total. The second-order valence-electron chi connectivity index (χ2n) is 5.08. The number of rotatable bonds is 4. The minimum atomic E-state index is -0.345. The number of nitrogen functional groups attached to an aromatic ring is 1. The van der Waals surface area contributed by atoms with Crippen LogP contribution in [0.4, 0.5) is 15.8 Å². The van der Waals surface area contributed by atoms with Gasteiger partial charge < -0.3 is 15.8 Å². The molecule has 3 N–H and O–H groups in total. The molecular weight excluding hydrogens is 255 g/mol. The summed E-state index contributed by atoms with van der Waals surface area (Å²) in [5, 5.41) is 3.22. The van der Waals surface area contributed by atoms with Crippen LogP contribution in [0.2, 0.25) is 0 Å². The Hall–Kier alpha value is -2.23. The zero-order valence-corrected chi connectivity index (χ0v) is 11.3. The molecule has 1 saturated carbocycles. The molecule has 0 bridgehead atoms. The molecule has 0 aromatic heterocycles. The van der Waals surface area contributed by atoms with Gasteiger partial charge in [0.25, 0.3) is 0 Å². The van der Waals surface area contributed by atoms with E-state index in [1.54, 1.807) is 6.07 Å². The van der Waals surface area contributed by atoms with E-state index in [1.807, 2.05) is 18.2 Å². The Morgan fingerprint density at radius 1 is 1.25 bits per heavy atom. The quantitative estimate of drug-likeness (QED) is 0.839. The minimum Gasteiger partial charge on any atom is -0.495 e. The predicted octanol–water partition coefficient (Wildman–Crippen LogP) is 3.38. The Kier molecular flexibility index (Phi) is 3.22. The third-order valence-corrected chi connectivity index (χ3v) is 3.68. The van der Waals surface area contributed by atoms with Crippen LogP contribution < -0.4 is 15.8 Å². The van der Waals surface area contributed by atoms with E-state index in [9.17, 15) is 4.39 Å². The third kappa shape index (κ3) is 2.41. The van der Waals surface area contributed by atoms with E-state index in [4.69, 9.17) is 10.5 Å². The third-order valence-electron chi connectivity index (χ3n) is 3.68. The Balaban J connectivity index is 1.74. The van der Waals surface area contributed by atoms with Crippen molar-refractivity contribution in [2.24, 2.45) is 0 Å². The summed E-state index contributed by atoms with van der Waals surface area (Å²) in [5.41, 5.74) is 7.71. The Bertz CT molecular complexity index is 615. The fraction of sp³-hybridized carbons (Fsp3) is 0.250. The van der Waals surface area contributed by atoms with Gasteiger partial charge in [-0.15, -0.1) is 0 Å². The molecule has 0 saturated heterocycles. The van der Waals surface area contributed by atoms with Gasteiger partial charge in [-0.3, -0.25) is 0 Å². The molecular formula is C16H17FN2O. The van der Waals surface area contributed by atoms with Crippen LogP contribution >= 0.6 is 0 Å². The van der Waals surface area contributed by atoms with Crippen molar-refractivity contribution in [1.29, 1.82) is 0 Å². The predicted molar refractivity (Wildman–Crippen MR) is 78.6 cm³/mol. The van der Waals surface area contributed by atoms with Gasteiger partial charge in [-0.2, -0.15) is 0 Å². The van der Waals surface area contributed by atoms with E-state index in [2.05, 4.69) is 17.4 Å². The van der Waals surface area contributed by atoms with Crippen molar-refractivity contribution in [2.45, 2.75) is 18.4 Å². The van der Waals surface area contributed by atoms with E-state index in [1.165, 1.54) is 18.7 Å². The maximum atomic E-state index is 13.9. The van der Waals surface area contributed by atoms with Crippen molar-refractivity contribution in [3.05, 3.63) is 53.8 Å². The Morgan fingerprint density at radius 2 is 2.00 bits per heavy atom. The molecule has 0 radical (unpaired) electrons. The molecule has 0 amide bonds. The first-order valence-corrected chi connectivity index (χ1v) is 6.63. The first kappa shape index (κ1) is 12.8. The summed E-state index contributed by atoms with van der Waals surface area (Å²) in [5.74, 6) is 0.590. The second kappa shape index (κ2) is 5.04. The number of anilines is 2. The van der Waals surface area contributed by atoms with Crippen LogP contribution in [0, 0.1) is 5.82 Å². The van der Waals surface area contributed by atoms with Gasteiger partial charge in [0, 0.05) is 24.1 Å². The van der Waals surface area contributed by atoms with Crippen molar-refractivity contribution >= 4 is 11.4 Å². The van der Waals surface area contributed by atoms with Crippen LogP contribution in [0.5, 0.6) is 5.75 Å². The number of benzene rings is 2. The highest BCUT2D eigenvalue weighted by Gasteiger charge is 2.38. The molecule has 2 atom stereocenters. The SMILES string of the molecule is COc1cc(NC2CC2c2ccccc2)c(F)cc1N. The summed E-state index contributed by atoms with van der Waals surface area (Å²) >= 11 is 0. The molecule has 1 aliphatic carbocycles. The van der Waals surface area contributed by atoms with Gasteiger partial charge in [0.05, 0.1) is 18.5 Å². The van der Waals surface area contributed by atoms with Crippen LogP contribution in [-0.4, -0.2) is 13.2 Å². The first-order valence-electron chi connectivity index (χ1n) is 6.63. The van der Waals surface area contributed by atoms with Crippen LogP contribution in [0.3, 0.4) is 0 Å². The van der Waals surface area contributed by atoms with Gasteiger partial charge in [0.2, 0.25) is 0 Å². The second-order valence-corrected chi connectivity index (χ2v) is 5.08. The lowest BCUT2D eigenvalue weighted by Crippen LogP contribution is -2.07. The topological polar surface area (TPSA) is 47.3 Å². The van der Waals surface area contributed by atoms with Crippen LogP contribution in [0.1, 0.15) is 17.9 Å². The maximum absolute atomic E-state index is 13.9. The minimum absolute atomic E-state index is 0.264. The summed E-state index contributed by atoms with van der Waals surface area (Å²) in [4.78, 5) is 0. The Labute approximate surface area is 117 Å². The molecule has 0 heterocycles. The van der Waals surface area contributed by atoms with E-state index < -0.39 is 0 Å². The van der Waals surface area contributed by atoms with Gasteiger partial charge in [-0.05, 0) is 12.0 Å². The van der Waals surface area contributed by atoms with Gasteiger partial charge in [0.1, 0.15) is 11.6 Å². The monoisotopic (exact) mass is 272 g/mol. The van der Waals surface area contributed by atoms with Gasteiger partial charge in [-0.25, -0.2) is 4.39 Å². The van der Waals surface area contributed by atoms with Crippen molar-refractivity contribution < 1.29 is 9.13 Å². The number of ether oxygens (including phenoxy) is 1. The highest BCUT2D eigenvalue weighted by molar-refractivity contribution is 5.63. The fourth-order valence-corrected chi connectivity index (χ4v) is 2.48. The number of nitrogens with one attached hydrogen (secondary N) is 1. The molecule has 3 rings (SSSR count). The smallest absolute Gasteiger partial charge is 0.148 e. The summed E-state index contributed by atoms with van der Waals surface area (Å²) in [6.45, 7) is 0. The number of halogens is 1. The highest BCUT2D eigenvalue weighted by atomic mass is 19.1. The standard InChI is InChI=1S/C16H17FN2O/c1-20-16-9-15(12(17)8-13(16)18)19-14-7-11(14)10-5-3-2-4-6-10/h2-6,8-9,11,14,19H,7,18H2,1H3. The lowest BCUT2D eigenvalue weighted by molar-refractivity contribution is 0.416. The zero-order valence-electron chi connectivity index (χ0n) is 11.3. The van der Waals surface area contributed by atoms with Crippen LogP contribution in [0.25, 0.3) is 0 Å². The van der Waals surface area contributed by atoms with Crippen molar-refractivity contribution in [2.75, 3.05) is 18.2 Å². The van der Waals surface area contributed by atoms with Gasteiger partial charge in [0.15, 0.2) is 0 Å². The Morgan fingerprint density at radius 3 is 2.70 bits per heavy atom. The number of hydrogen-bond acceptors (Lipinski definition) is 3. The van der Waals surface area contributed by atoms with Crippen molar-refractivity contribution in [3.63, 3.8) is 0 Å². The average Bonchev–Trinajstić information content (AvgIpc) is 3.22. The van der Waals surface area contributed by atoms with E-state index in [0.717, 1.165) is 6.42 Å². The molecule has 4 heteroatoms. The number of methoxy groups -OCH3 is 1. The van der Waals surface area contributed by atoms with E-state index >= 15 is 0 Å².